The Kier molecular flexibility index (Phi) is 7.76. The quantitative estimate of drug-likeness (QED) is 0.607. The smallest absolute Gasteiger partial charge is 0.222 e. The first-order valence-electron chi connectivity index (χ1n) is 5.50. The van der Waals surface area contributed by atoms with E-state index >= 15 is 0 Å². The van der Waals surface area contributed by atoms with Crippen LogP contribution in [0, 0.1) is 5.92 Å². The maximum absolute atomic E-state index is 11.4. The Morgan fingerprint density at radius 3 is 2.46 bits per heavy atom. The SMILES string of the molecule is CCCCCC(C)C(=O)NCCC. The number of carbonyl (C=O) groups excluding carboxylic acids is 1. The summed E-state index contributed by atoms with van der Waals surface area (Å²) in [6.07, 6.45) is 5.70. The predicted molar refractivity (Wildman–Crippen MR) is 56.6 cm³/mol. The highest BCUT2D eigenvalue weighted by atomic mass is 16.1. The molecule has 2 heteroatoms. The van der Waals surface area contributed by atoms with Gasteiger partial charge in [0, 0.05) is 12.5 Å². The lowest BCUT2D eigenvalue weighted by Gasteiger charge is -2.10. The first kappa shape index (κ1) is 12.5. The van der Waals surface area contributed by atoms with Crippen molar-refractivity contribution >= 4 is 5.91 Å². The fourth-order valence-electron chi connectivity index (χ4n) is 1.25. The molecule has 0 aromatic carbocycles. The van der Waals surface area contributed by atoms with Crippen molar-refractivity contribution in [2.24, 2.45) is 5.92 Å². The summed E-state index contributed by atoms with van der Waals surface area (Å²) in [5, 5.41) is 2.92. The Labute approximate surface area is 82.1 Å². The van der Waals surface area contributed by atoms with E-state index in [-0.39, 0.29) is 11.8 Å². The van der Waals surface area contributed by atoms with Gasteiger partial charge in [0.1, 0.15) is 0 Å². The zero-order valence-electron chi connectivity index (χ0n) is 9.23. The van der Waals surface area contributed by atoms with Crippen molar-refractivity contribution in [3.8, 4) is 0 Å². The molecule has 0 aliphatic carbocycles. The molecule has 78 valence electrons. The zero-order valence-corrected chi connectivity index (χ0v) is 9.23. The van der Waals surface area contributed by atoms with Gasteiger partial charge in [-0.05, 0) is 12.8 Å². The summed E-state index contributed by atoms with van der Waals surface area (Å²) < 4.78 is 0. The minimum absolute atomic E-state index is 0.193. The monoisotopic (exact) mass is 185 g/mol. The van der Waals surface area contributed by atoms with Crippen LogP contribution in [0.3, 0.4) is 0 Å². The molecular weight excluding hydrogens is 162 g/mol. The maximum Gasteiger partial charge on any atom is 0.222 e. The van der Waals surface area contributed by atoms with Crippen molar-refractivity contribution < 1.29 is 4.79 Å². The van der Waals surface area contributed by atoms with E-state index in [4.69, 9.17) is 0 Å². The van der Waals surface area contributed by atoms with Gasteiger partial charge in [-0.25, -0.2) is 0 Å². The van der Waals surface area contributed by atoms with Crippen LogP contribution in [0.25, 0.3) is 0 Å². The number of rotatable bonds is 7. The number of carbonyl (C=O) groups is 1. The highest BCUT2D eigenvalue weighted by molar-refractivity contribution is 5.78. The van der Waals surface area contributed by atoms with E-state index < -0.39 is 0 Å². The fourth-order valence-corrected chi connectivity index (χ4v) is 1.25. The summed E-state index contributed by atoms with van der Waals surface area (Å²) in [5.41, 5.74) is 0. The average Bonchev–Trinajstić information content (AvgIpc) is 2.14. The molecule has 1 unspecified atom stereocenters. The second-order valence-corrected chi connectivity index (χ2v) is 3.69. The molecular formula is C11H23NO. The molecule has 0 aliphatic heterocycles. The van der Waals surface area contributed by atoms with E-state index in [9.17, 15) is 4.79 Å². The summed E-state index contributed by atoms with van der Waals surface area (Å²) in [6, 6.07) is 0. The topological polar surface area (TPSA) is 29.1 Å². The van der Waals surface area contributed by atoms with Gasteiger partial charge < -0.3 is 5.32 Å². The zero-order chi connectivity index (χ0) is 10.1. The van der Waals surface area contributed by atoms with Crippen molar-refractivity contribution in [3.63, 3.8) is 0 Å². The number of hydrogen-bond donors (Lipinski definition) is 1. The molecule has 0 saturated heterocycles. The minimum Gasteiger partial charge on any atom is -0.356 e. The van der Waals surface area contributed by atoms with Crippen LogP contribution >= 0.6 is 0 Å². The number of unbranched alkanes of at least 4 members (excludes halogenated alkanes) is 2. The van der Waals surface area contributed by atoms with E-state index in [0.29, 0.717) is 0 Å². The maximum atomic E-state index is 11.4. The molecule has 2 nitrogen and oxygen atoms in total. The Bertz CT molecular complexity index is 134. The Morgan fingerprint density at radius 1 is 1.23 bits per heavy atom. The normalized spacial score (nSPS) is 12.5. The van der Waals surface area contributed by atoms with Crippen molar-refractivity contribution in [3.05, 3.63) is 0 Å². The second kappa shape index (κ2) is 8.09. The van der Waals surface area contributed by atoms with Crippen molar-refractivity contribution in [1.82, 2.24) is 5.32 Å². The summed E-state index contributed by atoms with van der Waals surface area (Å²) in [4.78, 5) is 11.4. The molecule has 0 fully saturated rings. The van der Waals surface area contributed by atoms with Gasteiger partial charge in [-0.2, -0.15) is 0 Å². The van der Waals surface area contributed by atoms with Gasteiger partial charge in [-0.1, -0.05) is 40.0 Å². The number of amides is 1. The van der Waals surface area contributed by atoms with Crippen LogP contribution in [0.4, 0.5) is 0 Å². The van der Waals surface area contributed by atoms with Crippen molar-refractivity contribution in [1.29, 1.82) is 0 Å². The lowest BCUT2D eigenvalue weighted by Crippen LogP contribution is -2.29. The van der Waals surface area contributed by atoms with Crippen LogP contribution in [0.15, 0.2) is 0 Å². The van der Waals surface area contributed by atoms with Gasteiger partial charge >= 0.3 is 0 Å². The van der Waals surface area contributed by atoms with Gasteiger partial charge in [0.15, 0.2) is 0 Å². The Balaban J connectivity index is 3.45. The molecule has 13 heavy (non-hydrogen) atoms. The molecule has 1 N–H and O–H groups in total. The molecule has 0 aromatic rings. The molecule has 0 aromatic heterocycles. The van der Waals surface area contributed by atoms with E-state index in [1.54, 1.807) is 0 Å². The number of hydrogen-bond acceptors (Lipinski definition) is 1. The molecule has 0 rings (SSSR count). The molecule has 0 heterocycles. The van der Waals surface area contributed by atoms with E-state index in [1.807, 2.05) is 6.92 Å². The van der Waals surface area contributed by atoms with Crippen LogP contribution in [0.5, 0.6) is 0 Å². The van der Waals surface area contributed by atoms with Gasteiger partial charge in [0.2, 0.25) is 5.91 Å². The third-order valence-electron chi connectivity index (χ3n) is 2.24. The lowest BCUT2D eigenvalue weighted by atomic mass is 10.0. The molecule has 1 atom stereocenters. The average molecular weight is 185 g/mol. The molecule has 0 aliphatic rings. The summed E-state index contributed by atoms with van der Waals surface area (Å²) in [6.45, 7) is 7.08. The van der Waals surface area contributed by atoms with Gasteiger partial charge in [-0.15, -0.1) is 0 Å². The first-order valence-corrected chi connectivity index (χ1v) is 5.50. The second-order valence-electron chi connectivity index (χ2n) is 3.69. The van der Waals surface area contributed by atoms with Crippen molar-refractivity contribution in [2.75, 3.05) is 6.54 Å². The Morgan fingerprint density at radius 2 is 1.92 bits per heavy atom. The summed E-state index contributed by atoms with van der Waals surface area (Å²) in [5.74, 6) is 0.413. The predicted octanol–water partition coefficient (Wildman–Crippen LogP) is 2.73. The lowest BCUT2D eigenvalue weighted by molar-refractivity contribution is -0.124. The van der Waals surface area contributed by atoms with E-state index in [2.05, 4.69) is 19.2 Å². The highest BCUT2D eigenvalue weighted by Crippen LogP contribution is 2.08. The van der Waals surface area contributed by atoms with Gasteiger partial charge in [0.05, 0.1) is 0 Å². The highest BCUT2D eigenvalue weighted by Gasteiger charge is 2.10. The van der Waals surface area contributed by atoms with Crippen LogP contribution in [0.1, 0.15) is 52.9 Å². The van der Waals surface area contributed by atoms with Crippen LogP contribution < -0.4 is 5.32 Å². The largest absolute Gasteiger partial charge is 0.356 e. The third kappa shape index (κ3) is 6.62. The third-order valence-corrected chi connectivity index (χ3v) is 2.24. The summed E-state index contributed by atoms with van der Waals surface area (Å²) in [7, 11) is 0. The number of nitrogens with one attached hydrogen (secondary N) is 1. The first-order chi connectivity index (χ1) is 6.22. The van der Waals surface area contributed by atoms with Crippen LogP contribution in [-0.2, 0) is 4.79 Å². The van der Waals surface area contributed by atoms with Crippen LogP contribution in [-0.4, -0.2) is 12.5 Å². The minimum atomic E-state index is 0.193. The molecule has 0 bridgehead atoms. The standard InChI is InChI=1S/C11H23NO/c1-4-6-7-8-10(3)11(13)12-9-5-2/h10H,4-9H2,1-3H3,(H,12,13). The fraction of sp³-hybridized carbons (Fsp3) is 0.909. The van der Waals surface area contributed by atoms with Gasteiger partial charge in [-0.3, -0.25) is 4.79 Å². The summed E-state index contributed by atoms with van der Waals surface area (Å²) >= 11 is 0. The van der Waals surface area contributed by atoms with E-state index in [0.717, 1.165) is 19.4 Å². The van der Waals surface area contributed by atoms with Gasteiger partial charge in [0.25, 0.3) is 0 Å². The van der Waals surface area contributed by atoms with E-state index in [1.165, 1.54) is 19.3 Å². The molecule has 0 radical (unpaired) electrons. The molecule has 0 saturated carbocycles. The Hall–Kier alpha value is -0.530. The molecule has 1 amide bonds. The molecule has 0 spiro atoms. The van der Waals surface area contributed by atoms with Crippen molar-refractivity contribution in [2.45, 2.75) is 52.9 Å². The van der Waals surface area contributed by atoms with Crippen LogP contribution in [0.2, 0.25) is 0 Å².